The van der Waals surface area contributed by atoms with Gasteiger partial charge in [0.25, 0.3) is 5.91 Å². The lowest BCUT2D eigenvalue weighted by molar-refractivity contribution is -0.154. The Kier molecular flexibility index (Phi) is 4.62. The highest BCUT2D eigenvalue weighted by Gasteiger charge is 2.31. The number of carboxylic acids is 1. The first-order valence-electron chi connectivity index (χ1n) is 7.15. The number of hydrogen-bond donors (Lipinski definition) is 1. The van der Waals surface area contributed by atoms with Gasteiger partial charge in [0.2, 0.25) is 0 Å². The lowest BCUT2D eigenvalue weighted by Gasteiger charge is -2.30. The van der Waals surface area contributed by atoms with Crippen molar-refractivity contribution in [2.75, 3.05) is 19.7 Å². The Morgan fingerprint density at radius 1 is 1.52 bits per heavy atom. The fourth-order valence-electron chi connectivity index (χ4n) is 2.34. The van der Waals surface area contributed by atoms with Crippen molar-refractivity contribution in [1.29, 1.82) is 0 Å². The van der Waals surface area contributed by atoms with E-state index in [9.17, 15) is 9.59 Å². The standard InChI is InChI=1S/C14H21N3O4/c1-4-17-7-10(12(15-17)9(2)3)13(18)16-5-6-21-11(8-16)14(19)20/h7,9,11H,4-6,8H2,1-3H3,(H,19,20). The Balaban J connectivity index is 2.23. The monoisotopic (exact) mass is 295 g/mol. The van der Waals surface area contributed by atoms with Crippen LogP contribution in [0.5, 0.6) is 0 Å². The maximum atomic E-state index is 12.6. The van der Waals surface area contributed by atoms with Gasteiger partial charge >= 0.3 is 5.97 Å². The third-order valence-corrected chi connectivity index (χ3v) is 3.52. The second-order valence-electron chi connectivity index (χ2n) is 5.39. The molecule has 1 amide bonds. The average molecular weight is 295 g/mol. The number of aryl methyl sites for hydroxylation is 1. The molecule has 1 atom stereocenters. The molecule has 21 heavy (non-hydrogen) atoms. The summed E-state index contributed by atoms with van der Waals surface area (Å²) in [5.41, 5.74) is 1.30. The van der Waals surface area contributed by atoms with E-state index in [-0.39, 0.29) is 25.0 Å². The van der Waals surface area contributed by atoms with Gasteiger partial charge in [0, 0.05) is 19.3 Å². The molecule has 1 aromatic heterocycles. The molecule has 1 aromatic rings. The molecule has 0 bridgehead atoms. The zero-order valence-corrected chi connectivity index (χ0v) is 12.6. The molecule has 2 heterocycles. The third kappa shape index (κ3) is 3.24. The van der Waals surface area contributed by atoms with Crippen LogP contribution in [0.2, 0.25) is 0 Å². The quantitative estimate of drug-likeness (QED) is 0.894. The summed E-state index contributed by atoms with van der Waals surface area (Å²) >= 11 is 0. The van der Waals surface area contributed by atoms with Gasteiger partial charge in [0.15, 0.2) is 6.10 Å². The van der Waals surface area contributed by atoms with Crippen molar-refractivity contribution in [3.05, 3.63) is 17.5 Å². The number of aliphatic carboxylic acids is 1. The Labute approximate surface area is 123 Å². The van der Waals surface area contributed by atoms with Crippen LogP contribution in [0.4, 0.5) is 0 Å². The Bertz CT molecular complexity index is 538. The van der Waals surface area contributed by atoms with Crippen LogP contribution in [-0.4, -0.2) is 57.5 Å². The highest BCUT2D eigenvalue weighted by atomic mass is 16.5. The molecule has 7 nitrogen and oxygen atoms in total. The van der Waals surface area contributed by atoms with Gasteiger partial charge in [-0.05, 0) is 12.8 Å². The second kappa shape index (κ2) is 6.26. The number of morpholine rings is 1. The number of aromatic nitrogens is 2. The molecule has 1 unspecified atom stereocenters. The molecule has 116 valence electrons. The van der Waals surface area contributed by atoms with E-state index in [1.54, 1.807) is 10.9 Å². The lowest BCUT2D eigenvalue weighted by Crippen LogP contribution is -2.48. The summed E-state index contributed by atoms with van der Waals surface area (Å²) < 4.78 is 6.88. The van der Waals surface area contributed by atoms with Gasteiger partial charge in [-0.3, -0.25) is 9.48 Å². The minimum atomic E-state index is -1.04. The van der Waals surface area contributed by atoms with E-state index in [4.69, 9.17) is 9.84 Å². The van der Waals surface area contributed by atoms with Gasteiger partial charge in [-0.1, -0.05) is 13.8 Å². The van der Waals surface area contributed by atoms with Crippen molar-refractivity contribution < 1.29 is 19.4 Å². The van der Waals surface area contributed by atoms with Crippen molar-refractivity contribution in [2.45, 2.75) is 39.3 Å². The summed E-state index contributed by atoms with van der Waals surface area (Å²) in [5, 5.41) is 13.4. The van der Waals surface area contributed by atoms with Crippen molar-refractivity contribution >= 4 is 11.9 Å². The number of amides is 1. The molecule has 1 aliphatic rings. The van der Waals surface area contributed by atoms with Crippen LogP contribution in [0.1, 0.15) is 42.7 Å². The predicted octanol–water partition coefficient (Wildman–Crippen LogP) is 0.952. The first-order valence-corrected chi connectivity index (χ1v) is 7.15. The smallest absolute Gasteiger partial charge is 0.334 e. The van der Waals surface area contributed by atoms with E-state index in [1.165, 1.54) is 4.90 Å². The SMILES string of the molecule is CCn1cc(C(=O)N2CCOC(C(=O)O)C2)c(C(C)C)n1. The summed E-state index contributed by atoms with van der Waals surface area (Å²) in [6.45, 7) is 7.33. The summed E-state index contributed by atoms with van der Waals surface area (Å²) in [4.78, 5) is 25.2. The van der Waals surface area contributed by atoms with E-state index in [0.29, 0.717) is 18.7 Å². The Hall–Kier alpha value is -1.89. The fourth-order valence-corrected chi connectivity index (χ4v) is 2.34. The molecule has 0 aliphatic carbocycles. The second-order valence-corrected chi connectivity index (χ2v) is 5.39. The van der Waals surface area contributed by atoms with Crippen LogP contribution in [0.3, 0.4) is 0 Å². The van der Waals surface area contributed by atoms with Crippen molar-refractivity contribution in [2.24, 2.45) is 0 Å². The minimum absolute atomic E-state index is 0.0724. The topological polar surface area (TPSA) is 84.7 Å². The molecule has 1 aliphatic heterocycles. The van der Waals surface area contributed by atoms with Gasteiger partial charge in [0.1, 0.15) is 0 Å². The van der Waals surface area contributed by atoms with Gasteiger partial charge in [-0.2, -0.15) is 5.10 Å². The number of carboxylic acid groups (broad SMARTS) is 1. The highest BCUT2D eigenvalue weighted by Crippen LogP contribution is 2.20. The van der Waals surface area contributed by atoms with Crippen molar-refractivity contribution in [3.63, 3.8) is 0 Å². The van der Waals surface area contributed by atoms with Crippen LogP contribution in [0.15, 0.2) is 6.20 Å². The molecule has 0 spiro atoms. The molecule has 2 rings (SSSR count). The molecular weight excluding hydrogens is 274 g/mol. The molecule has 1 fully saturated rings. The molecule has 7 heteroatoms. The molecule has 0 saturated carbocycles. The molecular formula is C14H21N3O4. The molecule has 1 N–H and O–H groups in total. The van der Waals surface area contributed by atoms with Crippen LogP contribution in [0.25, 0.3) is 0 Å². The van der Waals surface area contributed by atoms with Gasteiger partial charge < -0.3 is 14.7 Å². The van der Waals surface area contributed by atoms with Crippen LogP contribution < -0.4 is 0 Å². The highest BCUT2D eigenvalue weighted by molar-refractivity contribution is 5.95. The maximum Gasteiger partial charge on any atom is 0.334 e. The van der Waals surface area contributed by atoms with Gasteiger partial charge in [-0.15, -0.1) is 0 Å². The zero-order chi connectivity index (χ0) is 15.6. The summed E-state index contributed by atoms with van der Waals surface area (Å²) in [7, 11) is 0. The van der Waals surface area contributed by atoms with Crippen molar-refractivity contribution in [3.8, 4) is 0 Å². The largest absolute Gasteiger partial charge is 0.479 e. The number of rotatable bonds is 4. The first kappa shape index (κ1) is 15.5. The van der Waals surface area contributed by atoms with Crippen LogP contribution >= 0.6 is 0 Å². The van der Waals surface area contributed by atoms with Crippen LogP contribution in [-0.2, 0) is 16.1 Å². The van der Waals surface area contributed by atoms with E-state index in [0.717, 1.165) is 5.69 Å². The number of hydrogen-bond acceptors (Lipinski definition) is 4. The lowest BCUT2D eigenvalue weighted by atomic mass is 10.1. The predicted molar refractivity (Wildman–Crippen MR) is 75.3 cm³/mol. The molecule has 0 aromatic carbocycles. The first-order chi connectivity index (χ1) is 9.93. The number of ether oxygens (including phenoxy) is 1. The normalized spacial score (nSPS) is 19.0. The number of carbonyl (C=O) groups excluding carboxylic acids is 1. The van der Waals surface area contributed by atoms with Crippen LogP contribution in [0, 0.1) is 0 Å². The van der Waals surface area contributed by atoms with E-state index < -0.39 is 12.1 Å². The number of nitrogens with zero attached hydrogens (tertiary/aromatic N) is 3. The number of carbonyl (C=O) groups is 2. The minimum Gasteiger partial charge on any atom is -0.479 e. The summed E-state index contributed by atoms with van der Waals surface area (Å²) in [6.07, 6.45) is 0.787. The Morgan fingerprint density at radius 2 is 2.24 bits per heavy atom. The third-order valence-electron chi connectivity index (χ3n) is 3.52. The zero-order valence-electron chi connectivity index (χ0n) is 12.6. The molecule has 1 saturated heterocycles. The fraction of sp³-hybridized carbons (Fsp3) is 0.643. The maximum absolute atomic E-state index is 12.6. The van der Waals surface area contributed by atoms with Crippen molar-refractivity contribution in [1.82, 2.24) is 14.7 Å². The van der Waals surface area contributed by atoms with Gasteiger partial charge in [0.05, 0.1) is 24.4 Å². The molecule has 0 radical (unpaired) electrons. The summed E-state index contributed by atoms with van der Waals surface area (Å²) in [6, 6.07) is 0. The Morgan fingerprint density at radius 3 is 2.81 bits per heavy atom. The van der Waals surface area contributed by atoms with E-state index in [1.807, 2.05) is 20.8 Å². The summed E-state index contributed by atoms with van der Waals surface area (Å²) in [5.74, 6) is -1.08. The van der Waals surface area contributed by atoms with Gasteiger partial charge in [-0.25, -0.2) is 4.79 Å². The van der Waals surface area contributed by atoms with E-state index in [2.05, 4.69) is 5.10 Å². The van der Waals surface area contributed by atoms with E-state index >= 15 is 0 Å². The average Bonchev–Trinajstić information content (AvgIpc) is 2.91.